The highest BCUT2D eigenvalue weighted by atomic mass is 16.5. The number of nitrogens with one attached hydrogen (secondary N) is 1. The third kappa shape index (κ3) is 3.84. The summed E-state index contributed by atoms with van der Waals surface area (Å²) < 4.78 is 7.03. The Labute approximate surface area is 180 Å². The molecule has 0 bridgehead atoms. The molecular weight excluding hydrogens is 390 g/mol. The highest BCUT2D eigenvalue weighted by Gasteiger charge is 2.24. The lowest BCUT2D eigenvalue weighted by Gasteiger charge is -2.31. The van der Waals surface area contributed by atoms with Crippen LogP contribution in [-0.2, 0) is 6.54 Å². The van der Waals surface area contributed by atoms with Crippen molar-refractivity contribution in [3.63, 3.8) is 0 Å². The van der Waals surface area contributed by atoms with Gasteiger partial charge in [0, 0.05) is 12.5 Å². The second-order valence-electron chi connectivity index (χ2n) is 7.94. The molecule has 1 saturated heterocycles. The summed E-state index contributed by atoms with van der Waals surface area (Å²) in [7, 11) is 1.60. The van der Waals surface area contributed by atoms with E-state index < -0.39 is 0 Å². The Hall–Kier alpha value is -3.45. The molecule has 0 atom stereocenters. The number of H-pyrrole nitrogens is 1. The van der Waals surface area contributed by atoms with E-state index >= 15 is 0 Å². The molecule has 1 aliphatic heterocycles. The van der Waals surface area contributed by atoms with Gasteiger partial charge in [0.25, 0.3) is 0 Å². The van der Waals surface area contributed by atoms with E-state index in [0.29, 0.717) is 22.6 Å². The van der Waals surface area contributed by atoms with Crippen LogP contribution in [0, 0.1) is 0 Å². The first kappa shape index (κ1) is 19.5. The van der Waals surface area contributed by atoms with Gasteiger partial charge in [-0.3, -0.25) is 4.90 Å². The summed E-state index contributed by atoms with van der Waals surface area (Å²) in [6.45, 7) is 2.99. The van der Waals surface area contributed by atoms with Gasteiger partial charge in [0.2, 0.25) is 0 Å². The van der Waals surface area contributed by atoms with Crippen LogP contribution in [0.3, 0.4) is 0 Å². The second-order valence-corrected chi connectivity index (χ2v) is 7.94. The Morgan fingerprint density at radius 1 is 1.06 bits per heavy atom. The van der Waals surface area contributed by atoms with E-state index in [4.69, 9.17) is 9.72 Å². The number of benzene rings is 2. The van der Waals surface area contributed by atoms with Crippen molar-refractivity contribution in [2.45, 2.75) is 25.3 Å². The Bertz CT molecular complexity index is 1240. The maximum absolute atomic E-state index is 12.7. The van der Waals surface area contributed by atoms with Crippen molar-refractivity contribution < 1.29 is 4.74 Å². The molecule has 4 aromatic rings. The molecule has 0 amide bonds. The fraction of sp³-hybridized carbons (Fsp3) is 0.292. The molecule has 5 rings (SSSR count). The van der Waals surface area contributed by atoms with E-state index in [0.717, 1.165) is 38.3 Å². The Morgan fingerprint density at radius 3 is 2.58 bits per heavy atom. The lowest BCUT2D eigenvalue weighted by molar-refractivity contribution is 0.202. The Morgan fingerprint density at radius 2 is 1.81 bits per heavy atom. The fourth-order valence-corrected chi connectivity index (χ4v) is 4.34. The predicted octanol–water partition coefficient (Wildman–Crippen LogP) is 3.50. The van der Waals surface area contributed by atoms with Crippen molar-refractivity contribution in [1.82, 2.24) is 24.4 Å². The number of likely N-dealkylation sites (tertiary alicyclic amines) is 1. The number of ether oxygens (including phenoxy) is 1. The van der Waals surface area contributed by atoms with Crippen molar-refractivity contribution in [2.75, 3.05) is 20.2 Å². The minimum atomic E-state index is -0.247. The van der Waals surface area contributed by atoms with Gasteiger partial charge in [-0.1, -0.05) is 42.5 Å². The Balaban J connectivity index is 1.40. The molecular formula is C24H25N5O2. The summed E-state index contributed by atoms with van der Waals surface area (Å²) in [6.07, 6.45) is 3.73. The first-order valence-corrected chi connectivity index (χ1v) is 10.6. The summed E-state index contributed by atoms with van der Waals surface area (Å²) in [4.78, 5) is 27.4. The number of nitrogens with zero attached hydrogens (tertiary/aromatic N) is 4. The van der Waals surface area contributed by atoms with Crippen molar-refractivity contribution in [1.29, 1.82) is 0 Å². The summed E-state index contributed by atoms with van der Waals surface area (Å²) in [6, 6.07) is 18.0. The van der Waals surface area contributed by atoms with E-state index in [9.17, 15) is 4.79 Å². The number of para-hydroxylation sites is 2. The predicted molar refractivity (Wildman–Crippen MR) is 120 cm³/mol. The first-order valence-electron chi connectivity index (χ1n) is 10.6. The molecule has 7 nitrogen and oxygen atoms in total. The van der Waals surface area contributed by atoms with Gasteiger partial charge in [-0.2, -0.15) is 0 Å². The zero-order valence-corrected chi connectivity index (χ0v) is 17.5. The number of aromatic nitrogens is 4. The van der Waals surface area contributed by atoms with E-state index in [1.807, 2.05) is 24.3 Å². The molecule has 7 heteroatoms. The topological polar surface area (TPSA) is 76.0 Å². The normalized spacial score (nSPS) is 15.4. The van der Waals surface area contributed by atoms with Crippen LogP contribution in [0.4, 0.5) is 0 Å². The number of imidazole rings is 1. The zero-order valence-electron chi connectivity index (χ0n) is 17.5. The van der Waals surface area contributed by atoms with Crippen LogP contribution in [0.2, 0.25) is 0 Å². The molecule has 1 fully saturated rings. The van der Waals surface area contributed by atoms with Gasteiger partial charge in [0.05, 0.1) is 19.0 Å². The van der Waals surface area contributed by atoms with Gasteiger partial charge >= 0.3 is 5.69 Å². The van der Waals surface area contributed by atoms with Gasteiger partial charge in [0.15, 0.2) is 5.65 Å². The molecule has 0 spiro atoms. The molecule has 1 aliphatic rings. The summed E-state index contributed by atoms with van der Waals surface area (Å²) in [5.74, 6) is 1.71. The monoisotopic (exact) mass is 415 g/mol. The minimum Gasteiger partial charge on any atom is -0.495 e. The molecule has 3 heterocycles. The van der Waals surface area contributed by atoms with Crippen LogP contribution in [0.15, 0.2) is 65.6 Å². The number of aromatic amines is 1. The van der Waals surface area contributed by atoms with Crippen LogP contribution in [0.1, 0.15) is 30.1 Å². The van der Waals surface area contributed by atoms with Crippen molar-refractivity contribution >= 4 is 11.2 Å². The molecule has 0 saturated carbocycles. The lowest BCUT2D eigenvalue weighted by atomic mass is 9.95. The number of fused-ring (bicyclic) bond motifs is 1. The quantitative estimate of drug-likeness (QED) is 0.540. The lowest BCUT2D eigenvalue weighted by Crippen LogP contribution is -2.33. The smallest absolute Gasteiger partial charge is 0.332 e. The third-order valence-electron chi connectivity index (χ3n) is 5.97. The van der Waals surface area contributed by atoms with Crippen LogP contribution in [0.25, 0.3) is 16.9 Å². The zero-order chi connectivity index (χ0) is 21.2. The van der Waals surface area contributed by atoms with Crippen molar-refractivity contribution in [3.8, 4) is 11.4 Å². The molecule has 2 aromatic carbocycles. The van der Waals surface area contributed by atoms with E-state index in [1.54, 1.807) is 17.9 Å². The minimum absolute atomic E-state index is 0.247. The number of hydrogen-bond donors (Lipinski definition) is 1. The molecule has 0 aliphatic carbocycles. The molecule has 1 N–H and O–H groups in total. The van der Waals surface area contributed by atoms with Gasteiger partial charge in [-0.05, 0) is 43.6 Å². The number of rotatable bonds is 5. The summed E-state index contributed by atoms with van der Waals surface area (Å²) in [5.41, 5.74) is 2.98. The standard InChI is InChI=1S/C24H25N5O2/c1-31-21-10-6-5-9-20(21)29-23-19(26-24(29)30)15-25-22(27-23)18-11-13-28(14-12-18)16-17-7-3-2-4-8-17/h2-10,15,18H,11-14,16H2,1H3,(H,26,30). The highest BCUT2D eigenvalue weighted by Crippen LogP contribution is 2.28. The number of methoxy groups -OCH3 is 1. The molecule has 158 valence electrons. The van der Waals surface area contributed by atoms with Crippen LogP contribution >= 0.6 is 0 Å². The molecule has 31 heavy (non-hydrogen) atoms. The molecule has 0 radical (unpaired) electrons. The summed E-state index contributed by atoms with van der Waals surface area (Å²) >= 11 is 0. The number of hydrogen-bond acceptors (Lipinski definition) is 5. The van der Waals surface area contributed by atoms with Gasteiger partial charge in [-0.15, -0.1) is 0 Å². The van der Waals surface area contributed by atoms with Crippen LogP contribution in [0.5, 0.6) is 5.75 Å². The SMILES string of the molecule is COc1ccccc1-n1c(=O)[nH]c2cnc(C3CCN(Cc4ccccc4)CC3)nc21. The number of piperidine rings is 1. The summed E-state index contributed by atoms with van der Waals surface area (Å²) in [5, 5.41) is 0. The van der Waals surface area contributed by atoms with Crippen LogP contribution < -0.4 is 10.4 Å². The first-order chi connectivity index (χ1) is 15.2. The van der Waals surface area contributed by atoms with Crippen molar-refractivity contribution in [3.05, 3.63) is 82.7 Å². The van der Waals surface area contributed by atoms with E-state index in [-0.39, 0.29) is 11.6 Å². The maximum atomic E-state index is 12.7. The van der Waals surface area contributed by atoms with E-state index in [1.165, 1.54) is 5.56 Å². The highest BCUT2D eigenvalue weighted by molar-refractivity contribution is 5.73. The second kappa shape index (κ2) is 8.35. The van der Waals surface area contributed by atoms with Crippen LogP contribution in [-0.4, -0.2) is 44.6 Å². The van der Waals surface area contributed by atoms with Gasteiger partial charge in [0.1, 0.15) is 17.1 Å². The molecule has 2 aromatic heterocycles. The largest absolute Gasteiger partial charge is 0.495 e. The van der Waals surface area contributed by atoms with Gasteiger partial charge < -0.3 is 9.72 Å². The van der Waals surface area contributed by atoms with Gasteiger partial charge in [-0.25, -0.2) is 19.3 Å². The Kier molecular flexibility index (Phi) is 5.26. The molecule has 0 unspecified atom stereocenters. The average molecular weight is 415 g/mol. The average Bonchev–Trinajstić information content (AvgIpc) is 3.15. The third-order valence-corrected chi connectivity index (χ3v) is 5.97. The van der Waals surface area contributed by atoms with E-state index in [2.05, 4.69) is 45.2 Å². The fourth-order valence-electron chi connectivity index (χ4n) is 4.34. The van der Waals surface area contributed by atoms with Crippen molar-refractivity contribution in [2.24, 2.45) is 0 Å². The maximum Gasteiger partial charge on any atom is 0.332 e.